The third-order valence-corrected chi connectivity index (χ3v) is 7.57. The fraction of sp³-hybridized carbons (Fsp3) is 0.500. The van der Waals surface area contributed by atoms with E-state index in [2.05, 4.69) is 12.2 Å². The summed E-state index contributed by atoms with van der Waals surface area (Å²) in [4.78, 5) is 28.1. The van der Waals surface area contributed by atoms with Crippen molar-refractivity contribution in [3.63, 3.8) is 0 Å². The Morgan fingerprint density at radius 1 is 1.00 bits per heavy atom. The van der Waals surface area contributed by atoms with E-state index in [0.717, 1.165) is 29.5 Å². The summed E-state index contributed by atoms with van der Waals surface area (Å²) < 4.78 is 26.5. The number of sulfonamides is 1. The smallest absolute Gasteiger partial charge is 0.242 e. The number of hydrogen-bond donors (Lipinski definition) is 1. The Bertz CT molecular complexity index is 1130. The first kappa shape index (κ1) is 30.6. The molecule has 0 aliphatic carbocycles. The van der Waals surface area contributed by atoms with E-state index in [4.69, 9.17) is 11.6 Å². The lowest BCUT2D eigenvalue weighted by atomic mass is 10.1. The Morgan fingerprint density at radius 2 is 1.62 bits per heavy atom. The molecule has 1 atom stereocenters. The number of amides is 2. The van der Waals surface area contributed by atoms with Crippen LogP contribution >= 0.6 is 11.6 Å². The van der Waals surface area contributed by atoms with Gasteiger partial charge < -0.3 is 10.2 Å². The minimum atomic E-state index is -3.54. The van der Waals surface area contributed by atoms with Gasteiger partial charge in [0.2, 0.25) is 21.8 Å². The van der Waals surface area contributed by atoms with Crippen LogP contribution < -0.4 is 9.62 Å². The number of nitrogens with one attached hydrogen (secondary N) is 1. The molecule has 37 heavy (non-hydrogen) atoms. The molecule has 9 heteroatoms. The molecule has 1 N–H and O–H groups in total. The zero-order chi connectivity index (χ0) is 27.6. The minimum Gasteiger partial charge on any atom is -0.354 e. The number of nitrogens with zero attached hydrogens (tertiary/aromatic N) is 2. The lowest BCUT2D eigenvalue weighted by Gasteiger charge is -2.31. The van der Waals surface area contributed by atoms with E-state index >= 15 is 0 Å². The van der Waals surface area contributed by atoms with Gasteiger partial charge in [0, 0.05) is 31.1 Å². The van der Waals surface area contributed by atoms with Gasteiger partial charge in [-0.05, 0) is 74.1 Å². The first-order valence-corrected chi connectivity index (χ1v) is 15.1. The van der Waals surface area contributed by atoms with E-state index in [0.29, 0.717) is 30.1 Å². The van der Waals surface area contributed by atoms with Gasteiger partial charge >= 0.3 is 0 Å². The number of unbranched alkanes of at least 4 members (excludes halogenated alkanes) is 1. The Kier molecular flexibility index (Phi) is 11.9. The first-order chi connectivity index (χ1) is 17.5. The second-order valence-electron chi connectivity index (χ2n) is 9.50. The summed E-state index contributed by atoms with van der Waals surface area (Å²) in [6, 6.07) is 12.2. The predicted octanol–water partition coefficient (Wildman–Crippen LogP) is 5.23. The van der Waals surface area contributed by atoms with Crippen LogP contribution in [0.2, 0.25) is 5.02 Å². The van der Waals surface area contributed by atoms with Crippen LogP contribution in [-0.4, -0.2) is 50.5 Å². The van der Waals surface area contributed by atoms with Crippen LogP contribution in [0.15, 0.2) is 42.5 Å². The van der Waals surface area contributed by atoms with Gasteiger partial charge in [0.05, 0.1) is 11.9 Å². The third-order valence-electron chi connectivity index (χ3n) is 6.13. The standard InChI is InChI=1S/C28H40ClN3O4S/c1-6-8-15-30-28(34)26(7-2)31(20-23-11-13-24(29)14-12-23)27(33)10-9-16-32(37(5,35)36)25-18-21(3)17-22(4)19-25/h11-14,17-19,26H,6-10,15-16,20H2,1-5H3,(H,30,34)/t26-/m0/s1. The number of carbonyl (C=O) groups is 2. The van der Waals surface area contributed by atoms with Crippen molar-refractivity contribution in [2.24, 2.45) is 0 Å². The van der Waals surface area contributed by atoms with Crippen LogP contribution in [0.1, 0.15) is 62.6 Å². The summed E-state index contributed by atoms with van der Waals surface area (Å²) in [5.41, 5.74) is 3.39. The molecule has 0 bridgehead atoms. The van der Waals surface area contributed by atoms with Crippen LogP contribution in [0, 0.1) is 13.8 Å². The number of aryl methyl sites for hydroxylation is 2. The van der Waals surface area contributed by atoms with Crippen molar-refractivity contribution in [3.8, 4) is 0 Å². The highest BCUT2D eigenvalue weighted by atomic mass is 35.5. The van der Waals surface area contributed by atoms with E-state index in [1.165, 1.54) is 10.6 Å². The Balaban J connectivity index is 2.21. The SMILES string of the molecule is CCCCNC(=O)[C@H](CC)N(Cc1ccc(Cl)cc1)C(=O)CCCN(c1cc(C)cc(C)c1)S(C)(=O)=O. The molecular weight excluding hydrogens is 510 g/mol. The van der Waals surface area contributed by atoms with Crippen molar-refractivity contribution in [1.29, 1.82) is 0 Å². The summed E-state index contributed by atoms with van der Waals surface area (Å²) >= 11 is 6.03. The van der Waals surface area contributed by atoms with E-state index in [-0.39, 0.29) is 31.3 Å². The maximum Gasteiger partial charge on any atom is 0.242 e. The quantitative estimate of drug-likeness (QED) is 0.327. The molecule has 0 saturated heterocycles. The molecule has 0 spiro atoms. The fourth-order valence-electron chi connectivity index (χ4n) is 4.31. The maximum atomic E-state index is 13.5. The lowest BCUT2D eigenvalue weighted by Crippen LogP contribution is -2.49. The Morgan fingerprint density at radius 3 is 2.16 bits per heavy atom. The molecule has 0 heterocycles. The van der Waals surface area contributed by atoms with Crippen molar-refractivity contribution in [2.75, 3.05) is 23.7 Å². The Labute approximate surface area is 227 Å². The average Bonchev–Trinajstić information content (AvgIpc) is 2.81. The molecule has 2 rings (SSSR count). The molecule has 2 aromatic rings. The molecule has 7 nitrogen and oxygen atoms in total. The average molecular weight is 550 g/mol. The van der Waals surface area contributed by atoms with Crippen LogP contribution in [0.3, 0.4) is 0 Å². The third kappa shape index (κ3) is 9.67. The summed E-state index contributed by atoms with van der Waals surface area (Å²) in [6.45, 7) is 8.78. The number of hydrogen-bond acceptors (Lipinski definition) is 4. The summed E-state index contributed by atoms with van der Waals surface area (Å²) in [7, 11) is -3.54. The van der Waals surface area contributed by atoms with Crippen LogP contribution in [0.25, 0.3) is 0 Å². The highest BCUT2D eigenvalue weighted by Crippen LogP contribution is 2.23. The molecule has 0 fully saturated rings. The van der Waals surface area contributed by atoms with Gasteiger partial charge in [-0.2, -0.15) is 0 Å². The van der Waals surface area contributed by atoms with Gasteiger partial charge in [-0.25, -0.2) is 8.42 Å². The van der Waals surface area contributed by atoms with Gasteiger partial charge in [-0.15, -0.1) is 0 Å². The van der Waals surface area contributed by atoms with E-state index < -0.39 is 16.1 Å². The van der Waals surface area contributed by atoms with Crippen molar-refractivity contribution < 1.29 is 18.0 Å². The largest absolute Gasteiger partial charge is 0.354 e. The normalized spacial score (nSPS) is 12.2. The molecule has 0 unspecified atom stereocenters. The van der Waals surface area contributed by atoms with Crippen LogP contribution in [-0.2, 0) is 26.2 Å². The maximum absolute atomic E-state index is 13.5. The number of halogens is 1. The van der Waals surface area contributed by atoms with Crippen molar-refractivity contribution in [3.05, 3.63) is 64.2 Å². The molecule has 204 valence electrons. The van der Waals surface area contributed by atoms with Crippen molar-refractivity contribution >= 4 is 39.1 Å². The van der Waals surface area contributed by atoms with Gasteiger partial charge in [0.1, 0.15) is 6.04 Å². The topological polar surface area (TPSA) is 86.8 Å². The van der Waals surface area contributed by atoms with Gasteiger partial charge in [-0.3, -0.25) is 13.9 Å². The van der Waals surface area contributed by atoms with Gasteiger partial charge in [0.25, 0.3) is 0 Å². The molecule has 0 saturated carbocycles. The van der Waals surface area contributed by atoms with E-state index in [1.807, 2.05) is 51.1 Å². The zero-order valence-corrected chi connectivity index (χ0v) is 24.2. The monoisotopic (exact) mass is 549 g/mol. The van der Waals surface area contributed by atoms with E-state index in [1.54, 1.807) is 17.0 Å². The van der Waals surface area contributed by atoms with E-state index in [9.17, 15) is 18.0 Å². The van der Waals surface area contributed by atoms with Gasteiger partial charge in [0.15, 0.2) is 0 Å². The molecular formula is C28H40ClN3O4S. The lowest BCUT2D eigenvalue weighted by molar-refractivity contribution is -0.141. The van der Waals surface area contributed by atoms with Crippen molar-refractivity contribution in [2.45, 2.75) is 72.4 Å². The molecule has 2 aromatic carbocycles. The molecule has 0 aliphatic heterocycles. The molecule has 2 amide bonds. The molecule has 0 aromatic heterocycles. The number of rotatable bonds is 14. The van der Waals surface area contributed by atoms with Crippen molar-refractivity contribution in [1.82, 2.24) is 10.2 Å². The predicted molar refractivity (Wildman–Crippen MR) is 151 cm³/mol. The Hall–Kier alpha value is -2.58. The summed E-state index contributed by atoms with van der Waals surface area (Å²) in [5.74, 6) is -0.368. The molecule has 0 radical (unpaired) electrons. The second-order valence-corrected chi connectivity index (χ2v) is 11.8. The first-order valence-electron chi connectivity index (χ1n) is 12.8. The summed E-state index contributed by atoms with van der Waals surface area (Å²) in [5, 5.41) is 3.55. The number of anilines is 1. The summed E-state index contributed by atoms with van der Waals surface area (Å²) in [6.07, 6.45) is 3.91. The van der Waals surface area contributed by atoms with Crippen LogP contribution in [0.5, 0.6) is 0 Å². The number of carbonyl (C=O) groups excluding carboxylic acids is 2. The minimum absolute atomic E-state index is 0.114. The molecule has 0 aliphatic rings. The number of benzene rings is 2. The van der Waals surface area contributed by atoms with Crippen LogP contribution in [0.4, 0.5) is 5.69 Å². The highest BCUT2D eigenvalue weighted by Gasteiger charge is 2.28. The van der Waals surface area contributed by atoms with Gasteiger partial charge in [-0.1, -0.05) is 50.1 Å². The fourth-order valence-corrected chi connectivity index (χ4v) is 5.39. The zero-order valence-electron chi connectivity index (χ0n) is 22.6. The highest BCUT2D eigenvalue weighted by molar-refractivity contribution is 7.92. The second kappa shape index (κ2) is 14.4.